The summed E-state index contributed by atoms with van der Waals surface area (Å²) in [6.45, 7) is 2.41. The molecular formula is C8H13NOS. The first-order valence-electron chi connectivity index (χ1n) is 3.74. The van der Waals surface area contributed by atoms with Crippen molar-refractivity contribution in [2.45, 2.75) is 19.4 Å². The highest BCUT2D eigenvalue weighted by Crippen LogP contribution is 2.22. The van der Waals surface area contributed by atoms with Crippen molar-refractivity contribution in [2.24, 2.45) is 5.73 Å². The molecule has 0 unspecified atom stereocenters. The zero-order valence-electron chi connectivity index (χ0n) is 6.58. The normalized spacial score (nSPS) is 13.4. The Kier molecular flexibility index (Phi) is 3.05. The van der Waals surface area contributed by atoms with Crippen molar-refractivity contribution in [1.29, 1.82) is 0 Å². The minimum absolute atomic E-state index is 0.309. The summed E-state index contributed by atoms with van der Waals surface area (Å²) < 4.78 is 0. The first kappa shape index (κ1) is 8.71. The van der Waals surface area contributed by atoms with Crippen LogP contribution in [0.3, 0.4) is 0 Å². The van der Waals surface area contributed by atoms with E-state index in [1.54, 1.807) is 11.3 Å². The molecule has 2 nitrogen and oxygen atoms in total. The van der Waals surface area contributed by atoms with Crippen LogP contribution < -0.4 is 5.73 Å². The van der Waals surface area contributed by atoms with Crippen LogP contribution in [-0.2, 0) is 6.42 Å². The van der Waals surface area contributed by atoms with Crippen LogP contribution in [0.4, 0.5) is 0 Å². The largest absolute Gasteiger partial charge is 0.386 e. The standard InChI is InChI=1S/C8H13NOS/c1-2-6-3-4-8(11-6)7(10)5-9/h3-4,7,10H,2,5,9H2,1H3/t7-/m1/s1. The van der Waals surface area contributed by atoms with Crippen LogP contribution in [0.15, 0.2) is 12.1 Å². The molecule has 0 fully saturated rings. The van der Waals surface area contributed by atoms with E-state index < -0.39 is 6.10 Å². The Morgan fingerprint density at radius 3 is 2.82 bits per heavy atom. The summed E-state index contributed by atoms with van der Waals surface area (Å²) in [5.41, 5.74) is 5.31. The molecule has 1 aromatic heterocycles. The number of nitrogens with two attached hydrogens (primary N) is 1. The molecule has 11 heavy (non-hydrogen) atoms. The molecule has 1 rings (SSSR count). The fraction of sp³-hybridized carbons (Fsp3) is 0.500. The molecule has 62 valence electrons. The molecule has 0 radical (unpaired) electrons. The third kappa shape index (κ3) is 2.02. The molecule has 0 aliphatic heterocycles. The van der Waals surface area contributed by atoms with E-state index in [2.05, 4.69) is 6.92 Å². The van der Waals surface area contributed by atoms with Gasteiger partial charge in [-0.3, -0.25) is 0 Å². The van der Waals surface area contributed by atoms with E-state index in [1.165, 1.54) is 4.88 Å². The Bertz CT molecular complexity index is 222. The van der Waals surface area contributed by atoms with E-state index in [0.717, 1.165) is 11.3 Å². The van der Waals surface area contributed by atoms with Crippen molar-refractivity contribution in [3.05, 3.63) is 21.9 Å². The lowest BCUT2D eigenvalue weighted by molar-refractivity contribution is 0.190. The van der Waals surface area contributed by atoms with Gasteiger partial charge in [-0.05, 0) is 18.6 Å². The maximum Gasteiger partial charge on any atom is 0.100 e. The molecule has 0 aromatic carbocycles. The maximum atomic E-state index is 9.32. The average Bonchev–Trinajstić information content (AvgIpc) is 2.50. The number of thiophene rings is 1. The highest BCUT2D eigenvalue weighted by molar-refractivity contribution is 7.12. The van der Waals surface area contributed by atoms with Gasteiger partial charge in [0.15, 0.2) is 0 Å². The average molecular weight is 171 g/mol. The third-order valence-corrected chi connectivity index (χ3v) is 2.91. The van der Waals surface area contributed by atoms with Crippen LogP contribution >= 0.6 is 11.3 Å². The molecular weight excluding hydrogens is 158 g/mol. The predicted molar refractivity (Wildman–Crippen MR) is 47.7 cm³/mol. The van der Waals surface area contributed by atoms with Gasteiger partial charge in [0.1, 0.15) is 6.10 Å². The van der Waals surface area contributed by atoms with Crippen molar-refractivity contribution in [3.63, 3.8) is 0 Å². The topological polar surface area (TPSA) is 46.2 Å². The van der Waals surface area contributed by atoms with Gasteiger partial charge < -0.3 is 10.8 Å². The summed E-state index contributed by atoms with van der Waals surface area (Å²) in [5.74, 6) is 0. The molecule has 0 saturated carbocycles. The second-order valence-electron chi connectivity index (χ2n) is 2.41. The van der Waals surface area contributed by atoms with Gasteiger partial charge in [-0.2, -0.15) is 0 Å². The number of hydrogen-bond donors (Lipinski definition) is 2. The number of hydrogen-bond acceptors (Lipinski definition) is 3. The minimum atomic E-state index is -0.472. The lowest BCUT2D eigenvalue weighted by atomic mass is 10.3. The fourth-order valence-corrected chi connectivity index (χ4v) is 1.83. The molecule has 1 heterocycles. The molecule has 1 atom stereocenters. The molecule has 0 aliphatic rings. The monoisotopic (exact) mass is 171 g/mol. The molecule has 0 bridgehead atoms. The Labute approximate surface area is 70.7 Å². The van der Waals surface area contributed by atoms with Crippen molar-refractivity contribution in [2.75, 3.05) is 6.54 Å². The van der Waals surface area contributed by atoms with Crippen LogP contribution in [0.1, 0.15) is 22.8 Å². The van der Waals surface area contributed by atoms with Crippen molar-refractivity contribution in [3.8, 4) is 0 Å². The summed E-state index contributed by atoms with van der Waals surface area (Å²) in [6, 6.07) is 3.99. The lowest BCUT2D eigenvalue weighted by Gasteiger charge is -2.02. The highest BCUT2D eigenvalue weighted by atomic mass is 32.1. The van der Waals surface area contributed by atoms with Gasteiger partial charge in [-0.1, -0.05) is 6.92 Å². The van der Waals surface area contributed by atoms with Gasteiger partial charge >= 0.3 is 0 Å². The summed E-state index contributed by atoms with van der Waals surface area (Å²) in [6.07, 6.45) is 0.558. The van der Waals surface area contributed by atoms with Gasteiger partial charge in [-0.25, -0.2) is 0 Å². The second kappa shape index (κ2) is 3.85. The van der Waals surface area contributed by atoms with Gasteiger partial charge in [0.2, 0.25) is 0 Å². The number of aliphatic hydroxyl groups excluding tert-OH is 1. The highest BCUT2D eigenvalue weighted by Gasteiger charge is 2.06. The van der Waals surface area contributed by atoms with E-state index >= 15 is 0 Å². The van der Waals surface area contributed by atoms with E-state index in [4.69, 9.17) is 5.73 Å². The van der Waals surface area contributed by atoms with E-state index in [0.29, 0.717) is 6.54 Å². The molecule has 0 aliphatic carbocycles. The maximum absolute atomic E-state index is 9.32. The smallest absolute Gasteiger partial charge is 0.100 e. The van der Waals surface area contributed by atoms with Crippen molar-refractivity contribution >= 4 is 11.3 Å². The van der Waals surface area contributed by atoms with Crippen LogP contribution in [0, 0.1) is 0 Å². The fourth-order valence-electron chi connectivity index (χ4n) is 0.880. The summed E-state index contributed by atoms with van der Waals surface area (Å²) in [7, 11) is 0. The van der Waals surface area contributed by atoms with Crippen LogP contribution in [-0.4, -0.2) is 11.7 Å². The first-order chi connectivity index (χ1) is 5.27. The molecule has 1 aromatic rings. The third-order valence-electron chi connectivity index (χ3n) is 1.58. The Hall–Kier alpha value is -0.380. The number of rotatable bonds is 3. The Morgan fingerprint density at radius 1 is 1.64 bits per heavy atom. The number of aryl methyl sites for hydroxylation is 1. The van der Waals surface area contributed by atoms with E-state index in [1.807, 2.05) is 12.1 Å². The van der Waals surface area contributed by atoms with Crippen LogP contribution in [0.2, 0.25) is 0 Å². The van der Waals surface area contributed by atoms with Gasteiger partial charge in [0.25, 0.3) is 0 Å². The van der Waals surface area contributed by atoms with Gasteiger partial charge in [0.05, 0.1) is 0 Å². The Morgan fingerprint density at radius 2 is 2.36 bits per heavy atom. The quantitative estimate of drug-likeness (QED) is 0.720. The molecule has 0 amide bonds. The van der Waals surface area contributed by atoms with E-state index in [9.17, 15) is 5.11 Å². The zero-order valence-corrected chi connectivity index (χ0v) is 7.40. The van der Waals surface area contributed by atoms with Crippen molar-refractivity contribution < 1.29 is 5.11 Å². The zero-order chi connectivity index (χ0) is 8.27. The second-order valence-corrected chi connectivity index (χ2v) is 3.61. The summed E-state index contributed by atoms with van der Waals surface area (Å²) >= 11 is 1.64. The van der Waals surface area contributed by atoms with E-state index in [-0.39, 0.29) is 0 Å². The SMILES string of the molecule is CCc1ccc([C@H](O)CN)s1. The number of aliphatic hydroxyl groups is 1. The van der Waals surface area contributed by atoms with Crippen LogP contribution in [0.25, 0.3) is 0 Å². The first-order valence-corrected chi connectivity index (χ1v) is 4.56. The summed E-state index contributed by atoms with van der Waals surface area (Å²) in [4.78, 5) is 2.27. The predicted octanol–water partition coefficient (Wildman–Crippen LogP) is 1.30. The van der Waals surface area contributed by atoms with Gasteiger partial charge in [0, 0.05) is 16.3 Å². The lowest BCUT2D eigenvalue weighted by Crippen LogP contribution is -2.09. The summed E-state index contributed by atoms with van der Waals surface area (Å²) in [5, 5.41) is 9.32. The minimum Gasteiger partial charge on any atom is -0.386 e. The van der Waals surface area contributed by atoms with Crippen molar-refractivity contribution in [1.82, 2.24) is 0 Å². The molecule has 3 N–H and O–H groups in total. The molecule has 0 spiro atoms. The Balaban J connectivity index is 2.71. The van der Waals surface area contributed by atoms with Crippen LogP contribution in [0.5, 0.6) is 0 Å². The van der Waals surface area contributed by atoms with Gasteiger partial charge in [-0.15, -0.1) is 11.3 Å². The molecule has 0 saturated heterocycles. The molecule has 3 heteroatoms.